The summed E-state index contributed by atoms with van der Waals surface area (Å²) in [5, 5.41) is 0.352. The van der Waals surface area contributed by atoms with Gasteiger partial charge in [0.05, 0.1) is 0 Å². The first-order valence-corrected chi connectivity index (χ1v) is 7.33. The molecule has 0 aromatic carbocycles. The quantitative estimate of drug-likeness (QED) is 0.768. The van der Waals surface area contributed by atoms with Gasteiger partial charge < -0.3 is 4.90 Å². The van der Waals surface area contributed by atoms with E-state index in [0.717, 1.165) is 24.4 Å². The molecule has 98 valence electrons. The molecule has 0 radical (unpaired) electrons. The molecule has 2 unspecified atom stereocenters. The number of piperidine rings is 1. The number of rotatable bonds is 2. The number of hydrogen-bond donors (Lipinski definition) is 0. The van der Waals surface area contributed by atoms with E-state index in [0.29, 0.717) is 23.4 Å². The maximum absolute atomic E-state index is 6.32. The van der Waals surface area contributed by atoms with Gasteiger partial charge in [0.15, 0.2) is 0 Å². The number of aromatic nitrogens is 2. The molecule has 2 aliphatic rings. The number of halogens is 1. The van der Waals surface area contributed by atoms with Crippen molar-refractivity contribution in [2.45, 2.75) is 62.9 Å². The van der Waals surface area contributed by atoms with Crippen molar-refractivity contribution in [3.63, 3.8) is 0 Å². The lowest BCUT2D eigenvalue weighted by Gasteiger charge is -2.38. The molecular formula is C14H20ClN3. The standard InChI is InChI=1S/C14H20ClN3/c1-9(2)13-7-14(17-8-16-13)18-11-3-4-12(18)6-10(15)5-11/h7-12H,3-6H2,1-2H3. The van der Waals surface area contributed by atoms with Crippen LogP contribution in [0.1, 0.15) is 51.1 Å². The van der Waals surface area contributed by atoms with Crippen LogP contribution in [0.15, 0.2) is 12.4 Å². The van der Waals surface area contributed by atoms with Crippen molar-refractivity contribution in [3.8, 4) is 0 Å². The summed E-state index contributed by atoms with van der Waals surface area (Å²) in [5.41, 5.74) is 1.13. The van der Waals surface area contributed by atoms with Crippen LogP contribution in [0.25, 0.3) is 0 Å². The Kier molecular flexibility index (Phi) is 3.18. The summed E-state index contributed by atoms with van der Waals surface area (Å²) in [4.78, 5) is 11.3. The molecule has 4 heteroatoms. The van der Waals surface area contributed by atoms with Crippen molar-refractivity contribution in [1.82, 2.24) is 9.97 Å². The average Bonchev–Trinajstić information content (AvgIpc) is 2.62. The molecule has 0 N–H and O–H groups in total. The second-order valence-electron chi connectivity index (χ2n) is 5.82. The molecule has 0 aliphatic carbocycles. The van der Waals surface area contributed by atoms with Crippen molar-refractivity contribution in [3.05, 3.63) is 18.1 Å². The number of nitrogens with zero attached hydrogens (tertiary/aromatic N) is 3. The van der Waals surface area contributed by atoms with Gasteiger partial charge in [0.25, 0.3) is 0 Å². The summed E-state index contributed by atoms with van der Waals surface area (Å²) in [6.07, 6.45) is 6.42. The van der Waals surface area contributed by atoms with E-state index in [-0.39, 0.29) is 0 Å². The highest BCUT2D eigenvalue weighted by Crippen LogP contribution is 2.40. The van der Waals surface area contributed by atoms with Gasteiger partial charge in [-0.05, 0) is 31.6 Å². The van der Waals surface area contributed by atoms with E-state index < -0.39 is 0 Å². The predicted molar refractivity (Wildman–Crippen MR) is 74.3 cm³/mol. The van der Waals surface area contributed by atoms with Crippen LogP contribution in [0.5, 0.6) is 0 Å². The topological polar surface area (TPSA) is 29.0 Å². The Bertz CT molecular complexity index is 421. The van der Waals surface area contributed by atoms with Gasteiger partial charge in [-0.2, -0.15) is 0 Å². The van der Waals surface area contributed by atoms with Gasteiger partial charge in [-0.15, -0.1) is 11.6 Å². The van der Waals surface area contributed by atoms with Gasteiger partial charge in [0.2, 0.25) is 0 Å². The molecule has 18 heavy (non-hydrogen) atoms. The fourth-order valence-electron chi connectivity index (χ4n) is 3.30. The molecule has 0 spiro atoms. The first kappa shape index (κ1) is 12.2. The molecule has 0 saturated carbocycles. The van der Waals surface area contributed by atoms with Gasteiger partial charge in [-0.25, -0.2) is 9.97 Å². The Balaban J connectivity index is 1.89. The summed E-state index contributed by atoms with van der Waals surface area (Å²) in [7, 11) is 0. The van der Waals surface area contributed by atoms with E-state index in [2.05, 4.69) is 34.8 Å². The second-order valence-corrected chi connectivity index (χ2v) is 6.43. The zero-order chi connectivity index (χ0) is 12.7. The van der Waals surface area contributed by atoms with Crippen molar-refractivity contribution < 1.29 is 0 Å². The molecule has 2 aliphatic heterocycles. The monoisotopic (exact) mass is 265 g/mol. The summed E-state index contributed by atoms with van der Waals surface area (Å²) in [5.74, 6) is 1.56. The number of hydrogen-bond acceptors (Lipinski definition) is 3. The van der Waals surface area contributed by atoms with Gasteiger partial charge in [0, 0.05) is 29.2 Å². The maximum Gasteiger partial charge on any atom is 0.132 e. The molecule has 3 nitrogen and oxygen atoms in total. The molecule has 1 aromatic heterocycles. The Morgan fingerprint density at radius 3 is 2.50 bits per heavy atom. The van der Waals surface area contributed by atoms with Crippen LogP contribution in [0.2, 0.25) is 0 Å². The zero-order valence-corrected chi connectivity index (χ0v) is 11.8. The van der Waals surface area contributed by atoms with E-state index in [4.69, 9.17) is 11.6 Å². The summed E-state index contributed by atoms with van der Waals surface area (Å²) in [6.45, 7) is 4.34. The van der Waals surface area contributed by atoms with Crippen LogP contribution < -0.4 is 4.90 Å². The second kappa shape index (κ2) is 4.69. The van der Waals surface area contributed by atoms with Crippen LogP contribution in [0, 0.1) is 0 Å². The van der Waals surface area contributed by atoms with E-state index >= 15 is 0 Å². The van der Waals surface area contributed by atoms with Crippen LogP contribution in [0.3, 0.4) is 0 Å². The molecule has 2 bridgehead atoms. The Labute approximate surface area is 114 Å². The summed E-state index contributed by atoms with van der Waals surface area (Å²) >= 11 is 6.32. The van der Waals surface area contributed by atoms with Crippen molar-refractivity contribution in [2.75, 3.05) is 4.90 Å². The SMILES string of the molecule is CC(C)c1cc(N2C3CCC2CC(Cl)C3)ncn1. The number of alkyl halides is 1. The highest BCUT2D eigenvalue weighted by atomic mass is 35.5. The van der Waals surface area contributed by atoms with Gasteiger partial charge in [-0.1, -0.05) is 13.8 Å². The Hall–Kier alpha value is -0.830. The maximum atomic E-state index is 6.32. The third-order valence-electron chi connectivity index (χ3n) is 4.21. The van der Waals surface area contributed by atoms with Crippen LogP contribution in [-0.4, -0.2) is 27.4 Å². The molecule has 3 rings (SSSR count). The van der Waals surface area contributed by atoms with E-state index in [1.165, 1.54) is 12.8 Å². The molecule has 1 aromatic rings. The third-order valence-corrected chi connectivity index (χ3v) is 4.56. The highest BCUT2D eigenvalue weighted by Gasteiger charge is 2.40. The van der Waals surface area contributed by atoms with E-state index in [1.807, 2.05) is 0 Å². The van der Waals surface area contributed by atoms with E-state index in [9.17, 15) is 0 Å². The zero-order valence-electron chi connectivity index (χ0n) is 11.0. The fraction of sp³-hybridized carbons (Fsp3) is 0.714. The first-order chi connectivity index (χ1) is 8.65. The normalized spacial score (nSPS) is 31.1. The highest BCUT2D eigenvalue weighted by molar-refractivity contribution is 6.20. The molecule has 2 saturated heterocycles. The largest absolute Gasteiger partial charge is 0.350 e. The molecule has 2 fully saturated rings. The van der Waals surface area contributed by atoms with Gasteiger partial charge >= 0.3 is 0 Å². The van der Waals surface area contributed by atoms with Crippen molar-refractivity contribution in [2.24, 2.45) is 0 Å². The first-order valence-electron chi connectivity index (χ1n) is 6.89. The molecule has 2 atom stereocenters. The smallest absolute Gasteiger partial charge is 0.132 e. The van der Waals surface area contributed by atoms with Crippen molar-refractivity contribution >= 4 is 17.4 Å². The number of anilines is 1. The minimum Gasteiger partial charge on any atom is -0.350 e. The van der Waals surface area contributed by atoms with Crippen LogP contribution >= 0.6 is 11.6 Å². The minimum atomic E-state index is 0.352. The van der Waals surface area contributed by atoms with Crippen molar-refractivity contribution in [1.29, 1.82) is 0 Å². The summed E-state index contributed by atoms with van der Waals surface area (Å²) < 4.78 is 0. The average molecular weight is 266 g/mol. The van der Waals surface area contributed by atoms with Crippen LogP contribution in [0.4, 0.5) is 5.82 Å². The Morgan fingerprint density at radius 2 is 1.89 bits per heavy atom. The summed E-state index contributed by atoms with van der Waals surface area (Å²) in [6, 6.07) is 3.33. The predicted octanol–water partition coefficient (Wildman–Crippen LogP) is 3.34. The minimum absolute atomic E-state index is 0.352. The van der Waals surface area contributed by atoms with Crippen LogP contribution in [-0.2, 0) is 0 Å². The lowest BCUT2D eigenvalue weighted by Crippen LogP contribution is -2.44. The van der Waals surface area contributed by atoms with E-state index in [1.54, 1.807) is 6.33 Å². The molecule has 0 amide bonds. The van der Waals surface area contributed by atoms with Gasteiger partial charge in [-0.3, -0.25) is 0 Å². The van der Waals surface area contributed by atoms with Gasteiger partial charge in [0.1, 0.15) is 12.1 Å². The fourth-order valence-corrected chi connectivity index (χ4v) is 3.71. The third kappa shape index (κ3) is 2.09. The molecular weight excluding hydrogens is 246 g/mol. The molecule has 3 heterocycles. The number of fused-ring (bicyclic) bond motifs is 2. The Morgan fingerprint density at radius 1 is 1.22 bits per heavy atom. The lowest BCUT2D eigenvalue weighted by atomic mass is 10.0. The lowest BCUT2D eigenvalue weighted by molar-refractivity contribution is 0.470.